The lowest BCUT2D eigenvalue weighted by Gasteiger charge is -2.19. The summed E-state index contributed by atoms with van der Waals surface area (Å²) in [6, 6.07) is 16.6. The number of hydrogen-bond acceptors (Lipinski definition) is 1. The van der Waals surface area contributed by atoms with E-state index >= 15 is 0 Å². The van der Waals surface area contributed by atoms with Crippen LogP contribution in [0, 0.1) is 0 Å². The van der Waals surface area contributed by atoms with Crippen LogP contribution < -0.4 is 4.74 Å². The van der Waals surface area contributed by atoms with Gasteiger partial charge in [-0.3, -0.25) is 0 Å². The van der Waals surface area contributed by atoms with E-state index in [1.807, 2.05) is 30.3 Å². The van der Waals surface area contributed by atoms with Crippen LogP contribution in [0.1, 0.15) is 37.5 Å². The van der Waals surface area contributed by atoms with Crippen molar-refractivity contribution >= 4 is 6.08 Å². The van der Waals surface area contributed by atoms with Crippen molar-refractivity contribution in [2.24, 2.45) is 0 Å². The third-order valence-electron chi connectivity index (χ3n) is 3.34. The Hall–Kier alpha value is -2.02. The summed E-state index contributed by atoms with van der Waals surface area (Å²) in [5.74, 6) is 0.885. The molecule has 0 aliphatic rings. The minimum absolute atomic E-state index is 0.194. The molecular formula is C19H22O. The largest absolute Gasteiger partial charge is 0.489 e. The Morgan fingerprint density at radius 1 is 0.950 bits per heavy atom. The van der Waals surface area contributed by atoms with Crippen LogP contribution in [0.25, 0.3) is 6.08 Å². The highest BCUT2D eigenvalue weighted by atomic mass is 16.5. The zero-order valence-corrected chi connectivity index (χ0v) is 12.5. The van der Waals surface area contributed by atoms with E-state index in [0.717, 1.165) is 11.3 Å². The normalized spacial score (nSPS) is 11.2. The second kappa shape index (κ2) is 5.96. The Morgan fingerprint density at radius 3 is 2.05 bits per heavy atom. The molecule has 0 bridgehead atoms. The molecule has 0 saturated heterocycles. The Morgan fingerprint density at radius 2 is 1.55 bits per heavy atom. The highest BCUT2D eigenvalue weighted by Gasteiger charge is 2.12. The van der Waals surface area contributed by atoms with Gasteiger partial charge in [0.15, 0.2) is 0 Å². The number of rotatable bonds is 4. The van der Waals surface area contributed by atoms with Gasteiger partial charge in [0.2, 0.25) is 0 Å². The molecule has 1 nitrogen and oxygen atoms in total. The van der Waals surface area contributed by atoms with Crippen molar-refractivity contribution in [1.29, 1.82) is 0 Å². The molecule has 0 aliphatic heterocycles. The first-order chi connectivity index (χ1) is 9.49. The Labute approximate surface area is 121 Å². The summed E-state index contributed by atoms with van der Waals surface area (Å²) < 4.78 is 5.78. The molecular weight excluding hydrogens is 244 g/mol. The fourth-order valence-corrected chi connectivity index (χ4v) is 1.97. The average Bonchev–Trinajstić information content (AvgIpc) is 2.45. The van der Waals surface area contributed by atoms with Crippen molar-refractivity contribution < 1.29 is 4.74 Å². The first-order valence-corrected chi connectivity index (χ1v) is 6.94. The average molecular weight is 266 g/mol. The highest BCUT2D eigenvalue weighted by molar-refractivity contribution is 5.48. The summed E-state index contributed by atoms with van der Waals surface area (Å²) >= 11 is 0. The molecule has 2 aromatic rings. The van der Waals surface area contributed by atoms with E-state index < -0.39 is 0 Å². The second-order valence-corrected chi connectivity index (χ2v) is 6.01. The Balaban J connectivity index is 1.98. The standard InChI is InChI=1S/C19H22O/c1-5-15-8-12-18(13-9-15)20-14-16-6-10-17(11-7-16)19(2,3)4/h5-13H,1,14H2,2-4H3. The van der Waals surface area contributed by atoms with Gasteiger partial charge in [-0.15, -0.1) is 0 Å². The predicted octanol–water partition coefficient (Wildman–Crippen LogP) is 5.21. The van der Waals surface area contributed by atoms with E-state index in [0.29, 0.717) is 6.61 Å². The minimum Gasteiger partial charge on any atom is -0.489 e. The minimum atomic E-state index is 0.194. The molecule has 0 spiro atoms. The zero-order valence-electron chi connectivity index (χ0n) is 12.5. The van der Waals surface area contributed by atoms with E-state index in [4.69, 9.17) is 4.74 Å². The van der Waals surface area contributed by atoms with Gasteiger partial charge in [0, 0.05) is 0 Å². The first-order valence-electron chi connectivity index (χ1n) is 6.94. The summed E-state index contributed by atoms with van der Waals surface area (Å²) in [4.78, 5) is 0. The predicted molar refractivity (Wildman–Crippen MR) is 86.0 cm³/mol. The fourth-order valence-electron chi connectivity index (χ4n) is 1.97. The van der Waals surface area contributed by atoms with Gasteiger partial charge in [0.1, 0.15) is 12.4 Å². The maximum Gasteiger partial charge on any atom is 0.119 e. The SMILES string of the molecule is C=Cc1ccc(OCc2ccc(C(C)(C)C)cc2)cc1. The number of hydrogen-bond donors (Lipinski definition) is 0. The van der Waals surface area contributed by atoms with E-state index in [2.05, 4.69) is 51.6 Å². The maximum absolute atomic E-state index is 5.78. The van der Waals surface area contributed by atoms with Gasteiger partial charge in [0.25, 0.3) is 0 Å². The summed E-state index contributed by atoms with van der Waals surface area (Å²) in [5.41, 5.74) is 3.83. The molecule has 0 atom stereocenters. The highest BCUT2D eigenvalue weighted by Crippen LogP contribution is 2.22. The molecule has 0 radical (unpaired) electrons. The third kappa shape index (κ3) is 3.74. The van der Waals surface area contributed by atoms with Gasteiger partial charge >= 0.3 is 0 Å². The lowest BCUT2D eigenvalue weighted by Crippen LogP contribution is -2.10. The summed E-state index contributed by atoms with van der Waals surface area (Å²) in [6.07, 6.45) is 1.83. The van der Waals surface area contributed by atoms with Gasteiger partial charge in [0.05, 0.1) is 0 Å². The molecule has 0 fully saturated rings. The van der Waals surface area contributed by atoms with Crippen molar-refractivity contribution in [1.82, 2.24) is 0 Å². The maximum atomic E-state index is 5.78. The topological polar surface area (TPSA) is 9.23 Å². The molecule has 104 valence electrons. The van der Waals surface area contributed by atoms with Gasteiger partial charge in [-0.2, -0.15) is 0 Å². The summed E-state index contributed by atoms with van der Waals surface area (Å²) in [5, 5.41) is 0. The van der Waals surface area contributed by atoms with E-state index in [1.54, 1.807) is 0 Å². The van der Waals surface area contributed by atoms with Crippen LogP contribution in [-0.4, -0.2) is 0 Å². The Bertz CT molecular complexity index is 556. The van der Waals surface area contributed by atoms with Crippen molar-refractivity contribution in [2.45, 2.75) is 32.8 Å². The lowest BCUT2D eigenvalue weighted by atomic mass is 9.87. The molecule has 20 heavy (non-hydrogen) atoms. The van der Waals surface area contributed by atoms with Crippen molar-refractivity contribution in [2.75, 3.05) is 0 Å². The monoisotopic (exact) mass is 266 g/mol. The van der Waals surface area contributed by atoms with E-state index in [9.17, 15) is 0 Å². The zero-order chi connectivity index (χ0) is 14.6. The van der Waals surface area contributed by atoms with Gasteiger partial charge in [-0.05, 0) is 34.2 Å². The van der Waals surface area contributed by atoms with Crippen LogP contribution in [0.15, 0.2) is 55.1 Å². The second-order valence-electron chi connectivity index (χ2n) is 6.01. The van der Waals surface area contributed by atoms with Crippen LogP contribution in [0.4, 0.5) is 0 Å². The smallest absolute Gasteiger partial charge is 0.119 e. The molecule has 0 unspecified atom stereocenters. The molecule has 2 rings (SSSR count). The molecule has 0 aromatic heterocycles. The van der Waals surface area contributed by atoms with Crippen LogP contribution in [-0.2, 0) is 12.0 Å². The van der Waals surface area contributed by atoms with E-state index in [-0.39, 0.29) is 5.41 Å². The van der Waals surface area contributed by atoms with Crippen molar-refractivity contribution in [3.05, 3.63) is 71.8 Å². The van der Waals surface area contributed by atoms with Crippen molar-refractivity contribution in [3.8, 4) is 5.75 Å². The lowest BCUT2D eigenvalue weighted by molar-refractivity contribution is 0.306. The number of benzene rings is 2. The molecule has 0 heterocycles. The van der Waals surface area contributed by atoms with Crippen molar-refractivity contribution in [3.63, 3.8) is 0 Å². The molecule has 1 heteroatoms. The molecule has 0 aliphatic carbocycles. The molecule has 0 N–H and O–H groups in total. The third-order valence-corrected chi connectivity index (χ3v) is 3.34. The molecule has 2 aromatic carbocycles. The quantitative estimate of drug-likeness (QED) is 0.738. The van der Waals surface area contributed by atoms with Gasteiger partial charge < -0.3 is 4.74 Å². The van der Waals surface area contributed by atoms with E-state index in [1.165, 1.54) is 11.1 Å². The fraction of sp³-hybridized carbons (Fsp3) is 0.263. The van der Waals surface area contributed by atoms with Gasteiger partial charge in [-0.1, -0.05) is 69.8 Å². The van der Waals surface area contributed by atoms with Crippen LogP contribution in [0.3, 0.4) is 0 Å². The first kappa shape index (κ1) is 14.4. The molecule has 0 amide bonds. The van der Waals surface area contributed by atoms with Crippen LogP contribution in [0.5, 0.6) is 5.75 Å². The number of ether oxygens (including phenoxy) is 1. The van der Waals surface area contributed by atoms with Crippen LogP contribution >= 0.6 is 0 Å². The van der Waals surface area contributed by atoms with Gasteiger partial charge in [-0.25, -0.2) is 0 Å². The summed E-state index contributed by atoms with van der Waals surface area (Å²) in [6.45, 7) is 11.0. The Kier molecular flexibility index (Phi) is 4.29. The van der Waals surface area contributed by atoms with Crippen LogP contribution in [0.2, 0.25) is 0 Å². The summed E-state index contributed by atoms with van der Waals surface area (Å²) in [7, 11) is 0. The molecule has 0 saturated carbocycles.